The van der Waals surface area contributed by atoms with E-state index >= 15 is 0 Å². The summed E-state index contributed by atoms with van der Waals surface area (Å²) in [5.74, 6) is 0. The van der Waals surface area contributed by atoms with E-state index in [1.807, 2.05) is 12.3 Å². The molecule has 1 N–H and O–H groups in total. The van der Waals surface area contributed by atoms with E-state index in [0.29, 0.717) is 6.04 Å². The van der Waals surface area contributed by atoms with Crippen molar-refractivity contribution < 1.29 is 0 Å². The lowest BCUT2D eigenvalue weighted by molar-refractivity contribution is 0.384. The Morgan fingerprint density at radius 1 is 1.17 bits per heavy atom. The number of hydrogen-bond donors (Lipinski definition) is 1. The van der Waals surface area contributed by atoms with Crippen molar-refractivity contribution in [2.24, 2.45) is 5.41 Å². The van der Waals surface area contributed by atoms with E-state index in [1.54, 1.807) is 0 Å². The maximum atomic E-state index is 4.51. The van der Waals surface area contributed by atoms with Crippen LogP contribution < -0.4 is 5.32 Å². The topological polar surface area (TPSA) is 24.9 Å². The molecule has 1 unspecified atom stereocenters. The van der Waals surface area contributed by atoms with Gasteiger partial charge in [0.05, 0.1) is 11.2 Å². The van der Waals surface area contributed by atoms with Gasteiger partial charge in [0.15, 0.2) is 0 Å². The lowest BCUT2D eigenvalue weighted by Gasteiger charge is -2.33. The van der Waals surface area contributed by atoms with Gasteiger partial charge in [-0.25, -0.2) is 0 Å². The fourth-order valence-corrected chi connectivity index (χ4v) is 2.36. The largest absolute Gasteiger partial charge is 0.376 e. The van der Waals surface area contributed by atoms with E-state index < -0.39 is 0 Å². The summed E-state index contributed by atoms with van der Waals surface area (Å²) in [5, 5.41) is 4.82. The summed E-state index contributed by atoms with van der Waals surface area (Å²) in [6, 6.07) is 8.72. The van der Waals surface area contributed by atoms with Gasteiger partial charge in [-0.15, -0.1) is 0 Å². The summed E-state index contributed by atoms with van der Waals surface area (Å²) in [6.07, 6.45) is 6.31. The molecule has 0 fully saturated rings. The number of nitrogens with zero attached hydrogens (tertiary/aromatic N) is 1. The Balaban J connectivity index is 2.16. The first kappa shape index (κ1) is 11.3. The summed E-state index contributed by atoms with van der Waals surface area (Å²) in [4.78, 5) is 4.51. The zero-order valence-corrected chi connectivity index (χ0v) is 11.1. The predicted molar refractivity (Wildman–Crippen MR) is 77.6 cm³/mol. The van der Waals surface area contributed by atoms with Crippen molar-refractivity contribution in [3.63, 3.8) is 0 Å². The minimum Gasteiger partial charge on any atom is -0.376 e. The highest BCUT2D eigenvalue weighted by Gasteiger charge is 2.25. The molecule has 1 atom stereocenters. The van der Waals surface area contributed by atoms with Gasteiger partial charge in [-0.3, -0.25) is 4.98 Å². The third-order valence-corrected chi connectivity index (χ3v) is 3.51. The van der Waals surface area contributed by atoms with Crippen LogP contribution in [0.5, 0.6) is 0 Å². The first-order valence-corrected chi connectivity index (χ1v) is 6.38. The molecule has 2 nitrogen and oxygen atoms in total. The number of benzene rings is 1. The molecule has 2 heterocycles. The second-order valence-corrected chi connectivity index (χ2v) is 5.95. The minimum atomic E-state index is 0.200. The molecule has 1 aliphatic heterocycles. The molecule has 2 heteroatoms. The van der Waals surface area contributed by atoms with Gasteiger partial charge in [-0.05, 0) is 17.0 Å². The number of nitrogens with one attached hydrogen (secondary N) is 1. The first-order valence-electron chi connectivity index (χ1n) is 6.38. The number of anilines is 1. The molecule has 92 valence electrons. The van der Waals surface area contributed by atoms with Crippen molar-refractivity contribution in [3.8, 4) is 0 Å². The van der Waals surface area contributed by atoms with E-state index in [4.69, 9.17) is 0 Å². The Hall–Kier alpha value is -1.83. The number of rotatable bonds is 0. The summed E-state index contributed by atoms with van der Waals surface area (Å²) in [7, 11) is 0. The van der Waals surface area contributed by atoms with E-state index in [-0.39, 0.29) is 5.41 Å². The molecule has 0 radical (unpaired) electrons. The number of hydrogen-bond acceptors (Lipinski definition) is 2. The predicted octanol–water partition coefficient (Wildman–Crippen LogP) is 4.09. The maximum Gasteiger partial charge on any atom is 0.0939 e. The molecule has 0 bridgehead atoms. The van der Waals surface area contributed by atoms with Gasteiger partial charge in [0, 0.05) is 17.6 Å². The van der Waals surface area contributed by atoms with Crippen molar-refractivity contribution in [2.45, 2.75) is 26.8 Å². The Labute approximate surface area is 108 Å². The maximum absolute atomic E-state index is 4.51. The fraction of sp³-hybridized carbons (Fsp3) is 0.312. The van der Waals surface area contributed by atoms with Gasteiger partial charge in [0.2, 0.25) is 0 Å². The summed E-state index contributed by atoms with van der Waals surface area (Å²) in [6.45, 7) is 6.75. The van der Waals surface area contributed by atoms with Crippen LogP contribution in [0.25, 0.3) is 17.0 Å². The van der Waals surface area contributed by atoms with Gasteiger partial charge in [0.25, 0.3) is 0 Å². The summed E-state index contributed by atoms with van der Waals surface area (Å²) >= 11 is 0. The minimum absolute atomic E-state index is 0.200. The van der Waals surface area contributed by atoms with Gasteiger partial charge in [-0.2, -0.15) is 0 Å². The first-order chi connectivity index (χ1) is 8.55. The van der Waals surface area contributed by atoms with Crippen LogP contribution in [-0.2, 0) is 0 Å². The monoisotopic (exact) mass is 238 g/mol. The average Bonchev–Trinajstić information content (AvgIpc) is 2.37. The van der Waals surface area contributed by atoms with Crippen molar-refractivity contribution in [1.82, 2.24) is 4.98 Å². The van der Waals surface area contributed by atoms with Crippen molar-refractivity contribution in [1.29, 1.82) is 0 Å². The van der Waals surface area contributed by atoms with Crippen molar-refractivity contribution in [2.75, 3.05) is 5.32 Å². The lowest BCUT2D eigenvalue weighted by atomic mass is 9.84. The average molecular weight is 238 g/mol. The zero-order valence-electron chi connectivity index (χ0n) is 11.1. The van der Waals surface area contributed by atoms with E-state index in [1.165, 1.54) is 10.9 Å². The number of aromatic nitrogens is 1. The Morgan fingerprint density at radius 3 is 2.78 bits per heavy atom. The molecule has 0 aliphatic carbocycles. The van der Waals surface area contributed by atoms with Crippen LogP contribution in [-0.4, -0.2) is 11.0 Å². The lowest BCUT2D eigenvalue weighted by Crippen LogP contribution is -2.33. The second kappa shape index (κ2) is 3.84. The normalized spacial score (nSPS) is 18.5. The highest BCUT2D eigenvalue weighted by Crippen LogP contribution is 2.34. The Morgan fingerprint density at radius 2 is 2.00 bits per heavy atom. The van der Waals surface area contributed by atoms with Gasteiger partial charge in [-0.1, -0.05) is 51.1 Å². The molecule has 18 heavy (non-hydrogen) atoms. The van der Waals surface area contributed by atoms with Crippen LogP contribution >= 0.6 is 0 Å². The molecular formula is C16H18N2. The Kier molecular flexibility index (Phi) is 2.40. The highest BCUT2D eigenvalue weighted by molar-refractivity contribution is 5.96. The molecule has 0 spiro atoms. The molecule has 0 amide bonds. The molecular weight excluding hydrogens is 220 g/mol. The molecule has 3 rings (SSSR count). The summed E-state index contributed by atoms with van der Waals surface area (Å²) in [5.41, 5.74) is 3.65. The van der Waals surface area contributed by atoms with Gasteiger partial charge in [0.1, 0.15) is 0 Å². The van der Waals surface area contributed by atoms with Crippen molar-refractivity contribution >= 4 is 22.7 Å². The van der Waals surface area contributed by atoms with E-state index in [0.717, 1.165) is 11.2 Å². The second-order valence-electron chi connectivity index (χ2n) is 5.95. The molecule has 2 aromatic rings. The quantitative estimate of drug-likeness (QED) is 0.747. The third-order valence-electron chi connectivity index (χ3n) is 3.51. The Bertz CT molecular complexity index is 621. The fourth-order valence-electron chi connectivity index (χ4n) is 2.36. The smallest absolute Gasteiger partial charge is 0.0939 e. The third kappa shape index (κ3) is 1.78. The van der Waals surface area contributed by atoms with Gasteiger partial charge >= 0.3 is 0 Å². The number of fused-ring (bicyclic) bond motifs is 3. The summed E-state index contributed by atoms with van der Waals surface area (Å²) < 4.78 is 0. The van der Waals surface area contributed by atoms with Crippen LogP contribution in [0, 0.1) is 5.41 Å². The molecule has 1 aromatic heterocycles. The molecule has 1 aliphatic rings. The van der Waals surface area contributed by atoms with Crippen LogP contribution in [0.1, 0.15) is 26.3 Å². The van der Waals surface area contributed by atoms with Crippen LogP contribution in [0.15, 0.2) is 36.5 Å². The molecule has 1 aromatic carbocycles. The zero-order chi connectivity index (χ0) is 12.8. The SMILES string of the molecule is CC(C)(C)C1C=Cc2ccc3cccnc3c2N1. The molecule has 0 saturated carbocycles. The standard InChI is InChI=1S/C16H18N2/c1-16(2,3)13-9-8-12-7-6-11-5-4-10-17-14(11)15(12)18-13/h4-10,13,18H,1-3H3. The van der Waals surface area contributed by atoms with Crippen LogP contribution in [0.2, 0.25) is 0 Å². The van der Waals surface area contributed by atoms with Crippen LogP contribution in [0.4, 0.5) is 5.69 Å². The van der Waals surface area contributed by atoms with Gasteiger partial charge < -0.3 is 5.32 Å². The number of pyridine rings is 1. The highest BCUT2D eigenvalue weighted by atomic mass is 15.0. The van der Waals surface area contributed by atoms with E-state index in [2.05, 4.69) is 61.4 Å². The molecule has 0 saturated heterocycles. The van der Waals surface area contributed by atoms with Crippen molar-refractivity contribution in [3.05, 3.63) is 42.1 Å². The van der Waals surface area contributed by atoms with E-state index in [9.17, 15) is 0 Å². The van der Waals surface area contributed by atoms with Crippen LogP contribution in [0.3, 0.4) is 0 Å².